The summed E-state index contributed by atoms with van der Waals surface area (Å²) in [6.07, 6.45) is -2.08. The number of aromatic nitrogens is 1. The summed E-state index contributed by atoms with van der Waals surface area (Å²) in [6.45, 7) is 6.10. The molecule has 0 saturated carbocycles. The van der Waals surface area contributed by atoms with Crippen LogP contribution < -0.4 is 10.6 Å². The number of thiazole rings is 1. The number of aldehydes is 1. The Morgan fingerprint density at radius 1 is 1.25 bits per heavy atom. The second-order valence-corrected chi connectivity index (χ2v) is 7.43. The van der Waals surface area contributed by atoms with Gasteiger partial charge in [-0.15, -0.1) is 22.7 Å². The third-order valence-electron chi connectivity index (χ3n) is 3.45. The summed E-state index contributed by atoms with van der Waals surface area (Å²) in [7, 11) is 3.75. The minimum atomic E-state index is -2.80. The lowest BCUT2D eigenvalue weighted by molar-refractivity contribution is -0.116. The molecule has 0 radical (unpaired) electrons. The molecule has 0 saturated heterocycles. The van der Waals surface area contributed by atoms with Crippen molar-refractivity contribution in [3.8, 4) is 10.6 Å². The van der Waals surface area contributed by atoms with E-state index in [1.807, 2.05) is 39.3 Å². The largest absolute Gasteiger partial charge is 0.323 e. The van der Waals surface area contributed by atoms with E-state index >= 15 is 0 Å². The topological polar surface area (TPSA) is 54.0 Å². The van der Waals surface area contributed by atoms with Gasteiger partial charge in [-0.25, -0.2) is 13.8 Å². The average Bonchev–Trinajstić information content (AvgIpc) is 3.34. The zero-order chi connectivity index (χ0) is 20.9. The maximum absolute atomic E-state index is 10.4. The third kappa shape index (κ3) is 7.01. The van der Waals surface area contributed by atoms with Crippen LogP contribution in [0.15, 0.2) is 29.6 Å². The number of carbonyl (C=O) groups is 1. The Kier molecular flexibility index (Phi) is 11.7. The van der Waals surface area contributed by atoms with Crippen LogP contribution in [0.2, 0.25) is 0 Å². The molecular formula is C20H27F2N3OS2. The third-order valence-corrected chi connectivity index (χ3v) is 5.54. The van der Waals surface area contributed by atoms with E-state index in [1.54, 1.807) is 11.3 Å². The van der Waals surface area contributed by atoms with E-state index in [2.05, 4.69) is 40.3 Å². The molecule has 4 nitrogen and oxygen atoms in total. The van der Waals surface area contributed by atoms with Gasteiger partial charge in [0.1, 0.15) is 5.01 Å². The Morgan fingerprint density at radius 3 is 2.50 bits per heavy atom. The monoisotopic (exact) mass is 427 g/mol. The van der Waals surface area contributed by atoms with Gasteiger partial charge >= 0.3 is 0 Å². The van der Waals surface area contributed by atoms with Crippen LogP contribution in [0.3, 0.4) is 0 Å². The van der Waals surface area contributed by atoms with Crippen molar-refractivity contribution in [1.29, 1.82) is 0 Å². The van der Waals surface area contributed by atoms with E-state index in [0.29, 0.717) is 0 Å². The van der Waals surface area contributed by atoms with E-state index in [9.17, 15) is 8.78 Å². The molecule has 2 N–H and O–H groups in total. The molecule has 1 aliphatic rings. The number of hydrogen-bond donors (Lipinski definition) is 2. The second-order valence-electron chi connectivity index (χ2n) is 5.44. The van der Waals surface area contributed by atoms with Crippen LogP contribution >= 0.6 is 22.7 Å². The van der Waals surface area contributed by atoms with Crippen LogP contribution in [-0.4, -0.2) is 38.3 Å². The molecule has 0 spiro atoms. The predicted molar refractivity (Wildman–Crippen MR) is 117 cm³/mol. The highest BCUT2D eigenvalue weighted by Crippen LogP contribution is 2.37. The molecule has 0 aliphatic carbocycles. The molecule has 1 aliphatic heterocycles. The molecular weight excluding hydrogens is 400 g/mol. The number of nitrogens with zero attached hydrogens (tertiary/aromatic N) is 1. The highest BCUT2D eigenvalue weighted by Gasteiger charge is 2.18. The number of rotatable bonds is 2. The number of halogens is 2. The van der Waals surface area contributed by atoms with Gasteiger partial charge in [-0.2, -0.15) is 0 Å². The number of nitrogens with one attached hydrogen (secondary N) is 2. The molecule has 8 heteroatoms. The summed E-state index contributed by atoms with van der Waals surface area (Å²) in [5.74, 6) is 0. The van der Waals surface area contributed by atoms with Crippen LogP contribution in [0.1, 0.15) is 24.3 Å². The first-order valence-electron chi connectivity index (χ1n) is 9.08. The van der Waals surface area contributed by atoms with Gasteiger partial charge in [-0.3, -0.25) is 4.79 Å². The number of alkyl halides is 2. The van der Waals surface area contributed by atoms with Crippen molar-refractivity contribution in [3.05, 3.63) is 40.1 Å². The molecule has 1 aromatic carbocycles. The van der Waals surface area contributed by atoms with E-state index in [4.69, 9.17) is 9.78 Å². The number of carbonyl (C=O) groups excluding carboxylic acids is 1. The van der Waals surface area contributed by atoms with Crippen molar-refractivity contribution in [2.75, 3.05) is 20.6 Å². The van der Waals surface area contributed by atoms with Crippen molar-refractivity contribution in [3.63, 3.8) is 0 Å². The molecule has 3 aromatic rings. The number of fused-ring (bicyclic) bond motifs is 2. The van der Waals surface area contributed by atoms with Gasteiger partial charge in [-0.05, 0) is 44.8 Å². The summed E-state index contributed by atoms with van der Waals surface area (Å²) >= 11 is 3.66. The first kappa shape index (κ1) is 24.3. The maximum atomic E-state index is 10.4. The van der Waals surface area contributed by atoms with Crippen molar-refractivity contribution < 1.29 is 13.6 Å². The van der Waals surface area contributed by atoms with Crippen LogP contribution in [0.5, 0.6) is 0 Å². The summed E-state index contributed by atoms with van der Waals surface area (Å²) in [5.41, 5.74) is 3.99. The number of hydrogen-bond acceptors (Lipinski definition) is 6. The summed E-state index contributed by atoms with van der Waals surface area (Å²) < 4.78 is 22.1. The van der Waals surface area contributed by atoms with Crippen LogP contribution in [-0.2, 0) is 17.8 Å². The predicted octanol–water partition coefficient (Wildman–Crippen LogP) is 4.98. The van der Waals surface area contributed by atoms with Gasteiger partial charge in [-0.1, -0.05) is 26.0 Å². The fraction of sp³-hybridized carbons (Fsp3) is 0.400. The first-order chi connectivity index (χ1) is 13.6. The van der Waals surface area contributed by atoms with Gasteiger partial charge in [0.05, 0.1) is 10.2 Å². The average molecular weight is 428 g/mol. The van der Waals surface area contributed by atoms with Crippen molar-refractivity contribution in [2.45, 2.75) is 33.2 Å². The molecule has 0 unspecified atom stereocenters. The first-order valence-corrected chi connectivity index (χ1v) is 10.8. The van der Waals surface area contributed by atoms with Crippen LogP contribution in [0.25, 0.3) is 20.8 Å². The van der Waals surface area contributed by atoms with Gasteiger partial charge < -0.3 is 10.6 Å². The molecule has 28 heavy (non-hydrogen) atoms. The lowest BCUT2D eigenvalue weighted by Crippen LogP contribution is -2.22. The Morgan fingerprint density at radius 2 is 1.89 bits per heavy atom. The van der Waals surface area contributed by atoms with E-state index < -0.39 is 12.7 Å². The van der Waals surface area contributed by atoms with Crippen LogP contribution in [0, 0.1) is 0 Å². The van der Waals surface area contributed by atoms with E-state index in [-0.39, 0.29) is 0 Å². The van der Waals surface area contributed by atoms with Crippen molar-refractivity contribution in [2.24, 2.45) is 0 Å². The summed E-state index contributed by atoms with van der Waals surface area (Å²) in [5, 5.41) is 9.63. The van der Waals surface area contributed by atoms with E-state index in [0.717, 1.165) is 25.0 Å². The molecule has 0 fully saturated rings. The Bertz CT molecular complexity index is 801. The van der Waals surface area contributed by atoms with Gasteiger partial charge in [0, 0.05) is 22.4 Å². The fourth-order valence-corrected chi connectivity index (χ4v) is 4.56. The molecule has 3 heterocycles. The molecule has 0 amide bonds. The molecule has 4 rings (SSSR count). The standard InChI is InChI=1S/C14H12N2S2.C2H2F2O.C2H7N.C2H6/c1-2-4-12-11(3-1)16-14(18-12)10-8-17-13-7-15-6-5-9(10)13;3-2(4)1-5;1-3-2;1-2/h1-4,8,15H,5-7H2;1-2H;3H,1-2H3;1-2H3. The highest BCUT2D eigenvalue weighted by molar-refractivity contribution is 7.22. The minimum absolute atomic E-state index is 0.417. The second kappa shape index (κ2) is 13.4. The quantitative estimate of drug-likeness (QED) is 0.566. The molecule has 0 bridgehead atoms. The molecule has 2 aromatic heterocycles. The number of thiophene rings is 1. The zero-order valence-electron chi connectivity index (χ0n) is 16.6. The molecule has 0 atom stereocenters. The number of para-hydroxylation sites is 1. The smallest absolute Gasteiger partial charge is 0.293 e. The lowest BCUT2D eigenvalue weighted by atomic mass is 10.1. The highest BCUT2D eigenvalue weighted by atomic mass is 32.1. The lowest BCUT2D eigenvalue weighted by Gasteiger charge is -2.13. The van der Waals surface area contributed by atoms with Gasteiger partial charge in [0.2, 0.25) is 0 Å². The van der Waals surface area contributed by atoms with E-state index in [1.165, 1.54) is 25.7 Å². The normalized spacial score (nSPS) is 12.0. The Balaban J connectivity index is 0.000000335. The SMILES string of the molecule is CC.CNC.O=CC(F)F.c1ccc2sc(-c3csc4c3CCNC4)nc2c1. The van der Waals surface area contributed by atoms with Gasteiger partial charge in [0.25, 0.3) is 6.43 Å². The zero-order valence-corrected chi connectivity index (χ0v) is 18.2. The maximum Gasteiger partial charge on any atom is 0.293 e. The number of benzene rings is 1. The van der Waals surface area contributed by atoms with Crippen molar-refractivity contribution >= 4 is 39.2 Å². The van der Waals surface area contributed by atoms with Crippen molar-refractivity contribution in [1.82, 2.24) is 15.6 Å². The Hall–Kier alpha value is -1.74. The summed E-state index contributed by atoms with van der Waals surface area (Å²) in [4.78, 5) is 15.0. The van der Waals surface area contributed by atoms with Crippen LogP contribution in [0.4, 0.5) is 8.78 Å². The summed E-state index contributed by atoms with van der Waals surface area (Å²) in [6, 6.07) is 8.38. The van der Waals surface area contributed by atoms with Gasteiger partial charge in [0.15, 0.2) is 6.29 Å². The fourth-order valence-electron chi connectivity index (χ4n) is 2.43. The minimum Gasteiger partial charge on any atom is -0.323 e. The Labute approximate surface area is 173 Å². The molecule has 154 valence electrons.